The second-order valence-electron chi connectivity index (χ2n) is 5.46. The van der Waals surface area contributed by atoms with Crippen molar-refractivity contribution < 1.29 is 17.4 Å². The monoisotopic (exact) mass is 376 g/mol. The number of rotatable bonds is 6. The van der Waals surface area contributed by atoms with E-state index in [1.807, 2.05) is 0 Å². The molecule has 0 amide bonds. The second-order valence-corrected chi connectivity index (χ2v) is 7.33. The van der Waals surface area contributed by atoms with Crippen LogP contribution in [0.1, 0.15) is 32.0 Å². The zero-order valence-corrected chi connectivity index (χ0v) is 15.0. The van der Waals surface area contributed by atoms with Gasteiger partial charge < -0.3 is 10.6 Å². The van der Waals surface area contributed by atoms with E-state index in [1.165, 1.54) is 10.3 Å². The number of aromatic nitrogens is 4. The molecular weight excluding hydrogens is 357 g/mol. The second kappa shape index (κ2) is 7.38. The SMILES string of the molecule is CCNc1nc(Nc2cn(S(=O)C(C)C)nc2C)ncc1C(F)(F)F. The molecule has 2 aromatic rings. The summed E-state index contributed by atoms with van der Waals surface area (Å²) in [6.45, 7) is 7.23. The summed E-state index contributed by atoms with van der Waals surface area (Å²) >= 11 is 0. The molecule has 0 saturated heterocycles. The Morgan fingerprint density at radius 2 is 2.04 bits per heavy atom. The number of halogens is 3. The first-order valence-electron chi connectivity index (χ1n) is 7.56. The van der Waals surface area contributed by atoms with Gasteiger partial charge in [0.2, 0.25) is 5.95 Å². The summed E-state index contributed by atoms with van der Waals surface area (Å²) in [6.07, 6.45) is -2.32. The molecule has 0 bridgehead atoms. The largest absolute Gasteiger partial charge is 0.421 e. The summed E-state index contributed by atoms with van der Waals surface area (Å²) in [4.78, 5) is 7.61. The van der Waals surface area contributed by atoms with Gasteiger partial charge in [0.1, 0.15) is 22.4 Å². The Hall–Kier alpha value is -2.17. The van der Waals surface area contributed by atoms with Crippen molar-refractivity contribution in [1.82, 2.24) is 19.2 Å². The van der Waals surface area contributed by atoms with Crippen LogP contribution in [0.2, 0.25) is 0 Å². The first kappa shape index (κ1) is 19.2. The summed E-state index contributed by atoms with van der Waals surface area (Å²) in [5.74, 6) is -0.315. The molecule has 0 saturated carbocycles. The minimum absolute atomic E-state index is 0.0121. The van der Waals surface area contributed by atoms with Crippen molar-refractivity contribution in [3.63, 3.8) is 0 Å². The molecule has 0 fully saturated rings. The number of nitrogens with one attached hydrogen (secondary N) is 2. The Bertz CT molecular complexity index is 774. The predicted molar refractivity (Wildman–Crippen MR) is 90.1 cm³/mol. The molecule has 1 unspecified atom stereocenters. The van der Waals surface area contributed by atoms with E-state index in [1.54, 1.807) is 27.7 Å². The Morgan fingerprint density at radius 3 is 2.60 bits per heavy atom. The molecule has 2 aromatic heterocycles. The van der Waals surface area contributed by atoms with E-state index >= 15 is 0 Å². The van der Waals surface area contributed by atoms with E-state index in [0.29, 0.717) is 11.4 Å². The van der Waals surface area contributed by atoms with Gasteiger partial charge in [-0.15, -0.1) is 0 Å². The molecule has 2 heterocycles. The lowest BCUT2D eigenvalue weighted by atomic mass is 10.3. The van der Waals surface area contributed by atoms with Crippen molar-refractivity contribution in [2.45, 2.75) is 39.1 Å². The molecule has 0 aliphatic rings. The van der Waals surface area contributed by atoms with Gasteiger partial charge in [0.15, 0.2) is 0 Å². The molecular formula is C14H19F3N6OS. The summed E-state index contributed by atoms with van der Waals surface area (Å²) < 4.78 is 52.3. The van der Waals surface area contributed by atoms with Gasteiger partial charge in [-0.2, -0.15) is 27.3 Å². The van der Waals surface area contributed by atoms with E-state index in [2.05, 4.69) is 25.7 Å². The maximum absolute atomic E-state index is 13.0. The molecule has 25 heavy (non-hydrogen) atoms. The van der Waals surface area contributed by atoms with E-state index < -0.39 is 22.7 Å². The van der Waals surface area contributed by atoms with Gasteiger partial charge >= 0.3 is 6.18 Å². The summed E-state index contributed by atoms with van der Waals surface area (Å²) in [6, 6.07) is 0. The third kappa shape index (κ3) is 4.47. The number of hydrogen-bond donors (Lipinski definition) is 2. The van der Waals surface area contributed by atoms with E-state index in [-0.39, 0.29) is 23.6 Å². The minimum atomic E-state index is -4.55. The van der Waals surface area contributed by atoms with Crippen LogP contribution in [0.5, 0.6) is 0 Å². The number of aryl methyl sites for hydroxylation is 1. The molecule has 0 aliphatic heterocycles. The van der Waals surface area contributed by atoms with Gasteiger partial charge in [-0.25, -0.2) is 9.19 Å². The van der Waals surface area contributed by atoms with Crippen molar-refractivity contribution in [2.24, 2.45) is 0 Å². The van der Waals surface area contributed by atoms with Crippen molar-refractivity contribution >= 4 is 28.4 Å². The van der Waals surface area contributed by atoms with E-state index in [0.717, 1.165) is 6.20 Å². The molecule has 138 valence electrons. The molecule has 2 N–H and O–H groups in total. The number of hydrogen-bond acceptors (Lipinski definition) is 6. The first-order valence-corrected chi connectivity index (χ1v) is 8.73. The third-order valence-electron chi connectivity index (χ3n) is 3.15. The van der Waals surface area contributed by atoms with Crippen molar-refractivity contribution in [3.05, 3.63) is 23.7 Å². The molecule has 2 rings (SSSR count). The Morgan fingerprint density at radius 1 is 1.36 bits per heavy atom. The average molecular weight is 376 g/mol. The quantitative estimate of drug-likeness (QED) is 0.806. The molecule has 0 spiro atoms. The van der Waals surface area contributed by atoms with Crippen LogP contribution < -0.4 is 10.6 Å². The number of nitrogens with zero attached hydrogens (tertiary/aromatic N) is 4. The molecule has 0 radical (unpaired) electrons. The van der Waals surface area contributed by atoms with Gasteiger partial charge in [0.25, 0.3) is 0 Å². The lowest BCUT2D eigenvalue weighted by molar-refractivity contribution is -0.137. The fourth-order valence-corrected chi connectivity index (χ4v) is 2.78. The molecule has 1 atom stereocenters. The lowest BCUT2D eigenvalue weighted by Crippen LogP contribution is -2.15. The third-order valence-corrected chi connectivity index (χ3v) is 4.51. The highest BCUT2D eigenvalue weighted by Crippen LogP contribution is 2.34. The molecule has 0 aromatic carbocycles. The van der Waals surface area contributed by atoms with Gasteiger partial charge in [-0.3, -0.25) is 0 Å². The Labute approximate surface area is 145 Å². The topological polar surface area (TPSA) is 84.7 Å². The average Bonchev–Trinajstić information content (AvgIpc) is 2.86. The Balaban J connectivity index is 2.32. The van der Waals surface area contributed by atoms with Crippen LogP contribution in [0.3, 0.4) is 0 Å². The van der Waals surface area contributed by atoms with Crippen LogP contribution in [0.4, 0.5) is 30.6 Å². The number of alkyl halides is 3. The van der Waals surface area contributed by atoms with Crippen LogP contribution in [0.25, 0.3) is 0 Å². The maximum Gasteiger partial charge on any atom is 0.421 e. The molecule has 11 heteroatoms. The normalized spacial score (nSPS) is 13.1. The molecule has 0 aliphatic carbocycles. The van der Waals surface area contributed by atoms with Crippen LogP contribution in [-0.2, 0) is 17.2 Å². The van der Waals surface area contributed by atoms with Crippen molar-refractivity contribution in [2.75, 3.05) is 17.2 Å². The fraction of sp³-hybridized carbons (Fsp3) is 0.500. The van der Waals surface area contributed by atoms with Gasteiger partial charge in [0.05, 0.1) is 22.8 Å². The Kier molecular flexibility index (Phi) is 5.65. The highest BCUT2D eigenvalue weighted by molar-refractivity contribution is 7.83. The van der Waals surface area contributed by atoms with Gasteiger partial charge in [-0.1, -0.05) is 0 Å². The summed E-state index contributed by atoms with van der Waals surface area (Å²) in [5.41, 5.74) is 0.0620. The fourth-order valence-electron chi connectivity index (χ4n) is 1.94. The molecule has 7 nitrogen and oxygen atoms in total. The predicted octanol–water partition coefficient (Wildman–Crippen LogP) is 3.10. The highest BCUT2D eigenvalue weighted by Gasteiger charge is 2.35. The zero-order chi connectivity index (χ0) is 18.8. The number of anilines is 3. The standard InChI is InChI=1S/C14H19F3N6OS/c1-5-18-12-10(14(15,16)17)6-19-13(21-12)20-11-7-23(22-9(11)4)25(24)8(2)3/h6-8H,5H2,1-4H3,(H2,18,19,20,21). The van der Waals surface area contributed by atoms with Crippen LogP contribution in [-0.4, -0.2) is 35.2 Å². The minimum Gasteiger partial charge on any atom is -0.370 e. The van der Waals surface area contributed by atoms with Crippen molar-refractivity contribution in [1.29, 1.82) is 0 Å². The first-order chi connectivity index (χ1) is 11.6. The van der Waals surface area contributed by atoms with Crippen molar-refractivity contribution in [3.8, 4) is 0 Å². The van der Waals surface area contributed by atoms with Crippen LogP contribution in [0.15, 0.2) is 12.4 Å². The summed E-state index contributed by atoms with van der Waals surface area (Å²) in [7, 11) is -1.34. The lowest BCUT2D eigenvalue weighted by Gasteiger charge is -2.13. The zero-order valence-electron chi connectivity index (χ0n) is 14.2. The highest BCUT2D eigenvalue weighted by atomic mass is 32.2. The van der Waals surface area contributed by atoms with Gasteiger partial charge in [0, 0.05) is 12.7 Å². The van der Waals surface area contributed by atoms with E-state index in [4.69, 9.17) is 0 Å². The summed E-state index contributed by atoms with van der Waals surface area (Å²) in [5, 5.41) is 9.41. The maximum atomic E-state index is 13.0. The van der Waals surface area contributed by atoms with Crippen LogP contribution in [0, 0.1) is 6.92 Å². The van der Waals surface area contributed by atoms with E-state index in [9.17, 15) is 17.4 Å². The van der Waals surface area contributed by atoms with Crippen LogP contribution >= 0.6 is 0 Å². The van der Waals surface area contributed by atoms with Gasteiger partial charge in [-0.05, 0) is 27.7 Å². The smallest absolute Gasteiger partial charge is 0.370 e.